The number of aryl methyl sites for hydroxylation is 1. The van der Waals surface area contributed by atoms with Gasteiger partial charge in [-0.25, -0.2) is 4.98 Å². The lowest BCUT2D eigenvalue weighted by Gasteiger charge is -2.10. The second-order valence-corrected chi connectivity index (χ2v) is 4.34. The third-order valence-corrected chi connectivity index (χ3v) is 2.74. The molecule has 6 heteroatoms. The van der Waals surface area contributed by atoms with Crippen molar-refractivity contribution in [2.75, 3.05) is 0 Å². The van der Waals surface area contributed by atoms with Gasteiger partial charge < -0.3 is 9.73 Å². The van der Waals surface area contributed by atoms with Gasteiger partial charge in [-0.3, -0.25) is 10.1 Å². The molecular weight excluding hydrogens is 246 g/mol. The first-order valence-corrected chi connectivity index (χ1v) is 5.95. The standard InChI is InChI=1S/C13H15N3O3/c1-9-7-15-13(19-9)10(2)14-8-11-4-3-5-12(6-11)16(17)18/h3-7,10,14H,8H2,1-2H3. The Kier molecular flexibility index (Phi) is 3.91. The Morgan fingerprint density at radius 2 is 2.32 bits per heavy atom. The van der Waals surface area contributed by atoms with Crippen LogP contribution < -0.4 is 5.32 Å². The van der Waals surface area contributed by atoms with Gasteiger partial charge in [0.15, 0.2) is 0 Å². The molecule has 1 N–H and O–H groups in total. The van der Waals surface area contributed by atoms with Crippen LogP contribution in [0.2, 0.25) is 0 Å². The largest absolute Gasteiger partial charge is 0.444 e. The zero-order valence-electron chi connectivity index (χ0n) is 10.8. The summed E-state index contributed by atoms with van der Waals surface area (Å²) in [5.74, 6) is 1.38. The Balaban J connectivity index is 1.98. The SMILES string of the molecule is Cc1cnc(C(C)NCc2cccc([N+](=O)[O-])c2)o1. The van der Waals surface area contributed by atoms with Gasteiger partial charge in [0.25, 0.3) is 5.69 Å². The van der Waals surface area contributed by atoms with Crippen LogP contribution in [-0.2, 0) is 6.54 Å². The van der Waals surface area contributed by atoms with E-state index in [0.29, 0.717) is 12.4 Å². The molecule has 0 radical (unpaired) electrons. The number of nitro groups is 1. The van der Waals surface area contributed by atoms with E-state index < -0.39 is 4.92 Å². The lowest BCUT2D eigenvalue weighted by Crippen LogP contribution is -2.18. The molecule has 2 rings (SSSR count). The van der Waals surface area contributed by atoms with Gasteiger partial charge in [0.1, 0.15) is 5.76 Å². The lowest BCUT2D eigenvalue weighted by molar-refractivity contribution is -0.384. The molecule has 6 nitrogen and oxygen atoms in total. The molecule has 0 aliphatic rings. The second-order valence-electron chi connectivity index (χ2n) is 4.34. The Hall–Kier alpha value is -2.21. The summed E-state index contributed by atoms with van der Waals surface area (Å²) in [5.41, 5.74) is 0.947. The van der Waals surface area contributed by atoms with Crippen molar-refractivity contribution < 1.29 is 9.34 Å². The van der Waals surface area contributed by atoms with E-state index in [1.165, 1.54) is 6.07 Å². The maximum atomic E-state index is 10.7. The van der Waals surface area contributed by atoms with Gasteiger partial charge in [0.2, 0.25) is 5.89 Å². The molecule has 0 bridgehead atoms. The van der Waals surface area contributed by atoms with Crippen molar-refractivity contribution in [2.45, 2.75) is 26.4 Å². The van der Waals surface area contributed by atoms with E-state index in [4.69, 9.17) is 4.42 Å². The summed E-state index contributed by atoms with van der Waals surface area (Å²) in [6.07, 6.45) is 1.67. The minimum absolute atomic E-state index is 0.0482. The van der Waals surface area contributed by atoms with Crippen molar-refractivity contribution in [3.8, 4) is 0 Å². The summed E-state index contributed by atoms with van der Waals surface area (Å²) in [4.78, 5) is 14.4. The average Bonchev–Trinajstić information content (AvgIpc) is 2.83. The maximum absolute atomic E-state index is 10.7. The molecule has 0 spiro atoms. The van der Waals surface area contributed by atoms with Gasteiger partial charge >= 0.3 is 0 Å². The quantitative estimate of drug-likeness (QED) is 0.661. The fraction of sp³-hybridized carbons (Fsp3) is 0.308. The first-order valence-electron chi connectivity index (χ1n) is 5.95. The second kappa shape index (κ2) is 5.62. The van der Waals surface area contributed by atoms with Crippen molar-refractivity contribution in [1.82, 2.24) is 10.3 Å². The van der Waals surface area contributed by atoms with Crippen LogP contribution in [0, 0.1) is 17.0 Å². The molecular formula is C13H15N3O3. The number of hydrogen-bond donors (Lipinski definition) is 1. The predicted octanol–water partition coefficient (Wildman–Crippen LogP) is 2.74. The van der Waals surface area contributed by atoms with Crippen molar-refractivity contribution in [3.63, 3.8) is 0 Å². The number of rotatable bonds is 5. The molecule has 0 aliphatic carbocycles. The third kappa shape index (κ3) is 3.38. The topological polar surface area (TPSA) is 81.2 Å². The van der Waals surface area contributed by atoms with Crippen molar-refractivity contribution >= 4 is 5.69 Å². The first kappa shape index (κ1) is 13.2. The predicted molar refractivity (Wildman–Crippen MR) is 69.6 cm³/mol. The number of non-ortho nitro benzene ring substituents is 1. The summed E-state index contributed by atoms with van der Waals surface area (Å²) in [5, 5.41) is 13.9. The molecule has 0 saturated carbocycles. The molecule has 1 aromatic carbocycles. The number of oxazole rings is 1. The summed E-state index contributed by atoms with van der Waals surface area (Å²) in [7, 11) is 0. The molecule has 1 aromatic heterocycles. The van der Waals surface area contributed by atoms with E-state index in [0.717, 1.165) is 11.3 Å². The molecule has 0 aliphatic heterocycles. The van der Waals surface area contributed by atoms with Gasteiger partial charge in [-0.1, -0.05) is 12.1 Å². The van der Waals surface area contributed by atoms with Crippen LogP contribution in [0.1, 0.15) is 30.2 Å². The molecule has 1 unspecified atom stereocenters. The number of aromatic nitrogens is 1. The molecule has 0 saturated heterocycles. The number of nitrogens with one attached hydrogen (secondary N) is 1. The van der Waals surface area contributed by atoms with Crippen molar-refractivity contribution in [1.29, 1.82) is 0 Å². The summed E-state index contributed by atoms with van der Waals surface area (Å²) >= 11 is 0. The van der Waals surface area contributed by atoms with E-state index in [9.17, 15) is 10.1 Å². The van der Waals surface area contributed by atoms with Crippen LogP contribution >= 0.6 is 0 Å². The molecule has 2 aromatic rings. The van der Waals surface area contributed by atoms with Gasteiger partial charge in [-0.15, -0.1) is 0 Å². The summed E-state index contributed by atoms with van der Waals surface area (Å²) in [6, 6.07) is 6.50. The molecule has 100 valence electrons. The van der Waals surface area contributed by atoms with Crippen LogP contribution in [0.25, 0.3) is 0 Å². The van der Waals surface area contributed by atoms with Crippen LogP contribution in [-0.4, -0.2) is 9.91 Å². The van der Waals surface area contributed by atoms with Crippen molar-refractivity contribution in [2.24, 2.45) is 0 Å². The van der Waals surface area contributed by atoms with Crippen LogP contribution in [0.15, 0.2) is 34.9 Å². The monoisotopic (exact) mass is 261 g/mol. The fourth-order valence-electron chi connectivity index (χ4n) is 1.71. The lowest BCUT2D eigenvalue weighted by atomic mass is 10.2. The highest BCUT2D eigenvalue weighted by molar-refractivity contribution is 5.34. The third-order valence-electron chi connectivity index (χ3n) is 2.74. The Morgan fingerprint density at radius 1 is 1.53 bits per heavy atom. The highest BCUT2D eigenvalue weighted by Gasteiger charge is 2.11. The Morgan fingerprint density at radius 3 is 2.95 bits per heavy atom. The van der Waals surface area contributed by atoms with E-state index in [1.54, 1.807) is 18.3 Å². The van der Waals surface area contributed by atoms with E-state index in [2.05, 4.69) is 10.3 Å². The van der Waals surface area contributed by atoms with Gasteiger partial charge in [0, 0.05) is 18.7 Å². The van der Waals surface area contributed by atoms with Gasteiger partial charge in [-0.05, 0) is 19.4 Å². The smallest absolute Gasteiger partial charge is 0.269 e. The fourth-order valence-corrected chi connectivity index (χ4v) is 1.71. The minimum Gasteiger partial charge on any atom is -0.444 e. The van der Waals surface area contributed by atoms with Gasteiger partial charge in [-0.2, -0.15) is 0 Å². The van der Waals surface area contributed by atoms with E-state index >= 15 is 0 Å². The van der Waals surface area contributed by atoms with Crippen molar-refractivity contribution in [3.05, 3.63) is 57.8 Å². The van der Waals surface area contributed by atoms with Crippen LogP contribution in [0.5, 0.6) is 0 Å². The summed E-state index contributed by atoms with van der Waals surface area (Å²) < 4.78 is 5.41. The maximum Gasteiger partial charge on any atom is 0.269 e. The normalized spacial score (nSPS) is 12.3. The molecule has 0 fully saturated rings. The Labute approximate surface area is 110 Å². The zero-order valence-corrected chi connectivity index (χ0v) is 10.8. The summed E-state index contributed by atoms with van der Waals surface area (Å²) in [6.45, 7) is 4.29. The average molecular weight is 261 g/mol. The van der Waals surface area contributed by atoms with Gasteiger partial charge in [0.05, 0.1) is 17.2 Å². The van der Waals surface area contributed by atoms with Crippen LogP contribution in [0.4, 0.5) is 5.69 Å². The van der Waals surface area contributed by atoms with E-state index in [1.807, 2.05) is 19.9 Å². The van der Waals surface area contributed by atoms with Crippen LogP contribution in [0.3, 0.4) is 0 Å². The number of benzene rings is 1. The Bertz CT molecular complexity index is 580. The highest BCUT2D eigenvalue weighted by Crippen LogP contribution is 2.15. The highest BCUT2D eigenvalue weighted by atomic mass is 16.6. The molecule has 0 amide bonds. The minimum atomic E-state index is -0.398. The molecule has 1 heterocycles. The molecule has 1 atom stereocenters. The van der Waals surface area contributed by atoms with E-state index in [-0.39, 0.29) is 11.7 Å². The first-order chi connectivity index (χ1) is 9.06. The number of nitrogens with zero attached hydrogens (tertiary/aromatic N) is 2. The molecule has 19 heavy (non-hydrogen) atoms. The number of nitro benzene ring substituents is 1. The zero-order chi connectivity index (χ0) is 13.8. The number of hydrogen-bond acceptors (Lipinski definition) is 5.